The lowest BCUT2D eigenvalue weighted by Crippen LogP contribution is -2.33. The van der Waals surface area contributed by atoms with Crippen LogP contribution in [0.1, 0.15) is 6.23 Å². The summed E-state index contributed by atoms with van der Waals surface area (Å²) in [5.74, 6) is 0.556. The van der Waals surface area contributed by atoms with Gasteiger partial charge in [-0.25, -0.2) is 15.0 Å². The number of aromatic nitrogens is 4. The van der Waals surface area contributed by atoms with Gasteiger partial charge in [0.25, 0.3) is 0 Å². The number of imidazole rings is 1. The molecule has 0 aromatic carbocycles. The van der Waals surface area contributed by atoms with Crippen molar-refractivity contribution in [3.8, 4) is 0 Å². The number of rotatable bonds is 3. The lowest BCUT2D eigenvalue weighted by Gasteiger charge is -2.16. The zero-order chi connectivity index (χ0) is 14.3. The predicted molar refractivity (Wildman–Crippen MR) is 67.9 cm³/mol. The molecule has 3 rings (SSSR count). The summed E-state index contributed by atoms with van der Waals surface area (Å²) in [4.78, 5) is 12.3. The second-order valence-electron chi connectivity index (χ2n) is 4.53. The van der Waals surface area contributed by atoms with Crippen molar-refractivity contribution in [2.75, 3.05) is 19.0 Å². The third-order valence-corrected chi connectivity index (χ3v) is 3.39. The summed E-state index contributed by atoms with van der Waals surface area (Å²) in [6, 6.07) is 0. The fourth-order valence-corrected chi connectivity index (χ4v) is 2.33. The van der Waals surface area contributed by atoms with E-state index in [-0.39, 0.29) is 6.61 Å². The van der Waals surface area contributed by atoms with E-state index in [0.717, 1.165) is 0 Å². The average Bonchev–Trinajstić information content (AvgIpc) is 3.01. The molecule has 20 heavy (non-hydrogen) atoms. The van der Waals surface area contributed by atoms with Crippen molar-refractivity contribution in [3.63, 3.8) is 0 Å². The second-order valence-corrected chi connectivity index (χ2v) is 4.53. The summed E-state index contributed by atoms with van der Waals surface area (Å²) in [6.07, 6.45) is -1.19. The Morgan fingerprint density at radius 2 is 2.10 bits per heavy atom. The minimum absolute atomic E-state index is 0.377. The smallest absolute Gasteiger partial charge is 0.167 e. The van der Waals surface area contributed by atoms with Gasteiger partial charge in [0.2, 0.25) is 0 Å². The zero-order valence-corrected chi connectivity index (χ0v) is 10.7. The number of nitrogens with zero attached hydrogens (tertiary/aromatic N) is 4. The normalized spacial score (nSPS) is 30.0. The Morgan fingerprint density at radius 3 is 2.75 bits per heavy atom. The van der Waals surface area contributed by atoms with Gasteiger partial charge >= 0.3 is 0 Å². The molecular formula is C11H15N5O4. The molecular weight excluding hydrogens is 270 g/mol. The van der Waals surface area contributed by atoms with E-state index < -0.39 is 24.5 Å². The summed E-state index contributed by atoms with van der Waals surface area (Å²) in [7, 11) is 1.72. The van der Waals surface area contributed by atoms with Crippen LogP contribution in [0.3, 0.4) is 0 Å². The monoisotopic (exact) mass is 285 g/mol. The highest BCUT2D eigenvalue weighted by atomic mass is 16.6. The fraction of sp³-hybridized carbons (Fsp3) is 0.545. The Hall–Kier alpha value is -1.81. The van der Waals surface area contributed by atoms with Gasteiger partial charge in [0.15, 0.2) is 17.7 Å². The summed E-state index contributed by atoms with van der Waals surface area (Å²) in [5, 5.41) is 31.8. The molecule has 0 unspecified atom stereocenters. The number of anilines is 1. The molecule has 1 saturated heterocycles. The Morgan fingerprint density at radius 1 is 1.30 bits per heavy atom. The average molecular weight is 285 g/mol. The van der Waals surface area contributed by atoms with Crippen LogP contribution in [0, 0.1) is 0 Å². The van der Waals surface area contributed by atoms with Crippen molar-refractivity contribution < 1.29 is 20.1 Å². The highest BCUT2D eigenvalue weighted by Crippen LogP contribution is 2.31. The summed E-state index contributed by atoms with van der Waals surface area (Å²) in [5.41, 5.74) is 1.01. The number of hydrogen-bond acceptors (Lipinski definition) is 8. The first-order valence-electron chi connectivity index (χ1n) is 6.15. The summed E-state index contributed by atoms with van der Waals surface area (Å²) < 4.78 is 6.97. The fourth-order valence-electron chi connectivity index (χ4n) is 2.33. The quantitative estimate of drug-likeness (QED) is 0.501. The van der Waals surface area contributed by atoms with Crippen molar-refractivity contribution in [1.29, 1.82) is 0 Å². The molecule has 3 heterocycles. The van der Waals surface area contributed by atoms with Gasteiger partial charge in [-0.1, -0.05) is 0 Å². The molecule has 2 aromatic heterocycles. The van der Waals surface area contributed by atoms with Gasteiger partial charge in [-0.3, -0.25) is 4.57 Å². The number of aliphatic hydroxyl groups is 3. The lowest BCUT2D eigenvalue weighted by atomic mass is 10.2. The summed E-state index contributed by atoms with van der Waals surface area (Å²) >= 11 is 0. The standard InChI is InChI=1S/C11H15N5O4/c1-12-9-6-10(14-3-13-9)16(4-15-6)11-8(19)7(18)5(2-17)20-11/h3-5,7-8,11,17-19H,2H2,1H3,(H,12,13,14)/t5-,7-,8-,11-/m1/s1/i1+1,3+1,4+1,11+1. The molecule has 2 aromatic rings. The van der Waals surface area contributed by atoms with E-state index in [1.165, 1.54) is 17.2 Å². The van der Waals surface area contributed by atoms with Crippen LogP contribution in [0.15, 0.2) is 12.7 Å². The maximum absolute atomic E-state index is 10.0. The Kier molecular flexibility index (Phi) is 3.26. The molecule has 1 aliphatic rings. The van der Waals surface area contributed by atoms with E-state index in [2.05, 4.69) is 20.3 Å². The Balaban J connectivity index is 2.03. The summed E-state index contributed by atoms with van der Waals surface area (Å²) in [6.45, 7) is -0.377. The maximum atomic E-state index is 10.0. The van der Waals surface area contributed by atoms with Gasteiger partial charge in [-0.2, -0.15) is 0 Å². The Labute approximate surface area is 113 Å². The molecule has 0 amide bonds. The number of ether oxygens (including phenoxy) is 1. The Bertz CT molecular complexity index is 618. The molecule has 4 atom stereocenters. The van der Waals surface area contributed by atoms with Crippen LogP contribution in [-0.4, -0.2) is 66.8 Å². The van der Waals surface area contributed by atoms with Gasteiger partial charge in [0.05, 0.1) is 12.9 Å². The van der Waals surface area contributed by atoms with Crippen LogP contribution in [-0.2, 0) is 4.74 Å². The van der Waals surface area contributed by atoms with E-state index in [1.54, 1.807) is 7.05 Å². The highest BCUT2D eigenvalue weighted by molar-refractivity contribution is 5.82. The van der Waals surface area contributed by atoms with Crippen molar-refractivity contribution in [2.45, 2.75) is 24.5 Å². The number of hydrogen-bond donors (Lipinski definition) is 4. The van der Waals surface area contributed by atoms with Gasteiger partial charge in [0, 0.05) is 7.05 Å². The first kappa shape index (κ1) is 13.2. The van der Waals surface area contributed by atoms with E-state index in [9.17, 15) is 10.2 Å². The molecule has 108 valence electrons. The predicted octanol–water partition coefficient (Wildman–Crippen LogP) is -1.52. The van der Waals surface area contributed by atoms with Crippen molar-refractivity contribution >= 4 is 17.0 Å². The minimum atomic E-state index is -1.17. The number of fused-ring (bicyclic) bond motifs is 1. The van der Waals surface area contributed by atoms with Crippen molar-refractivity contribution in [2.24, 2.45) is 0 Å². The largest absolute Gasteiger partial charge is 0.394 e. The molecule has 1 aliphatic heterocycles. The highest BCUT2D eigenvalue weighted by Gasteiger charge is 2.43. The molecule has 4 N–H and O–H groups in total. The molecule has 1 fully saturated rings. The molecule has 9 nitrogen and oxygen atoms in total. The third-order valence-electron chi connectivity index (χ3n) is 3.39. The number of nitrogens with one attached hydrogen (secondary N) is 1. The first-order chi connectivity index (χ1) is 9.67. The van der Waals surface area contributed by atoms with Crippen molar-refractivity contribution in [1.82, 2.24) is 19.5 Å². The van der Waals surface area contributed by atoms with Gasteiger partial charge < -0.3 is 25.4 Å². The zero-order valence-electron chi connectivity index (χ0n) is 10.7. The molecule has 0 saturated carbocycles. The van der Waals surface area contributed by atoms with Gasteiger partial charge in [0.1, 0.15) is 30.2 Å². The SMILES string of the molecule is [13CH3]Nc1n[13cH]nc2c1n[13cH]n2[13C@@H]1O[C@H](CO)[C@@H](O)[C@H]1O. The van der Waals surface area contributed by atoms with Crippen LogP contribution >= 0.6 is 0 Å². The van der Waals surface area contributed by atoms with Gasteiger partial charge in [-0.05, 0) is 0 Å². The van der Waals surface area contributed by atoms with E-state index in [1.807, 2.05) is 0 Å². The number of aliphatic hydroxyl groups excluding tert-OH is 3. The van der Waals surface area contributed by atoms with Crippen LogP contribution < -0.4 is 5.32 Å². The van der Waals surface area contributed by atoms with Crippen LogP contribution in [0.4, 0.5) is 5.82 Å². The second kappa shape index (κ2) is 4.94. The lowest BCUT2D eigenvalue weighted by molar-refractivity contribution is -0.0511. The minimum Gasteiger partial charge on any atom is -0.394 e. The maximum Gasteiger partial charge on any atom is 0.167 e. The molecule has 0 spiro atoms. The van der Waals surface area contributed by atoms with Crippen molar-refractivity contribution in [3.05, 3.63) is 12.7 Å². The third kappa shape index (κ3) is 1.83. The molecule has 0 radical (unpaired) electrons. The van der Waals surface area contributed by atoms with Gasteiger partial charge in [-0.15, -0.1) is 0 Å². The van der Waals surface area contributed by atoms with E-state index in [0.29, 0.717) is 17.0 Å². The topological polar surface area (TPSA) is 126 Å². The molecule has 0 aliphatic carbocycles. The molecule has 0 bridgehead atoms. The van der Waals surface area contributed by atoms with Crippen LogP contribution in [0.2, 0.25) is 0 Å². The first-order valence-corrected chi connectivity index (χ1v) is 6.15. The van der Waals surface area contributed by atoms with E-state index in [4.69, 9.17) is 9.84 Å². The van der Waals surface area contributed by atoms with Crippen LogP contribution in [0.5, 0.6) is 0 Å². The van der Waals surface area contributed by atoms with E-state index >= 15 is 0 Å². The van der Waals surface area contributed by atoms with Crippen LogP contribution in [0.25, 0.3) is 11.2 Å². The molecule has 9 heteroatoms.